The summed E-state index contributed by atoms with van der Waals surface area (Å²) in [7, 11) is 0. The van der Waals surface area contributed by atoms with Crippen LogP contribution in [0.15, 0.2) is 30.3 Å². The molecule has 1 amide bonds. The molecule has 0 spiro atoms. The van der Waals surface area contributed by atoms with Crippen LogP contribution in [0.25, 0.3) is 0 Å². The molecular formula is C23H36N6O2. The average molecular weight is 429 g/mol. The van der Waals surface area contributed by atoms with Crippen molar-refractivity contribution < 1.29 is 9.53 Å². The zero-order valence-corrected chi connectivity index (χ0v) is 19.5. The molecular weight excluding hydrogens is 392 g/mol. The molecule has 1 aromatic carbocycles. The van der Waals surface area contributed by atoms with Crippen molar-refractivity contribution in [2.45, 2.75) is 65.0 Å². The Bertz CT molecular complexity index is 835. The molecule has 170 valence electrons. The Kier molecular flexibility index (Phi) is 7.30. The molecule has 8 nitrogen and oxygen atoms in total. The summed E-state index contributed by atoms with van der Waals surface area (Å²) < 4.78 is 5.32. The first-order valence-corrected chi connectivity index (χ1v) is 11.1. The predicted molar refractivity (Wildman–Crippen MR) is 120 cm³/mol. The van der Waals surface area contributed by atoms with Gasteiger partial charge in [-0.25, -0.2) is 4.79 Å². The van der Waals surface area contributed by atoms with Crippen molar-refractivity contribution in [3.8, 4) is 0 Å². The fourth-order valence-electron chi connectivity index (χ4n) is 3.85. The molecule has 1 fully saturated rings. The second kappa shape index (κ2) is 9.77. The van der Waals surface area contributed by atoms with Gasteiger partial charge in [-0.05, 0) is 63.4 Å². The fraction of sp³-hybridized carbons (Fsp3) is 0.652. The third-order valence-corrected chi connectivity index (χ3v) is 5.48. The lowest BCUT2D eigenvalue weighted by Gasteiger charge is -2.36. The topological polar surface area (TPSA) is 85.2 Å². The molecule has 0 unspecified atom stereocenters. The quantitative estimate of drug-likeness (QED) is 0.729. The van der Waals surface area contributed by atoms with Crippen molar-refractivity contribution in [2.75, 3.05) is 26.2 Å². The zero-order valence-electron chi connectivity index (χ0n) is 19.5. The number of alkyl carbamates (subject to hydrolysis) is 1. The minimum absolute atomic E-state index is 0.184. The molecule has 1 saturated heterocycles. The second-order valence-corrected chi connectivity index (χ2v) is 10.1. The van der Waals surface area contributed by atoms with Gasteiger partial charge in [-0.15, -0.1) is 10.2 Å². The first-order chi connectivity index (χ1) is 14.6. The van der Waals surface area contributed by atoms with Crippen LogP contribution in [0.5, 0.6) is 0 Å². The van der Waals surface area contributed by atoms with E-state index in [0.717, 1.165) is 43.9 Å². The lowest BCUT2D eigenvalue weighted by Crippen LogP contribution is -2.44. The van der Waals surface area contributed by atoms with Crippen LogP contribution in [0, 0.1) is 5.92 Å². The summed E-state index contributed by atoms with van der Waals surface area (Å²) in [4.78, 5) is 16.0. The lowest BCUT2D eigenvalue weighted by atomic mass is 9.89. The van der Waals surface area contributed by atoms with E-state index in [2.05, 4.69) is 51.6 Å². The molecule has 2 heterocycles. The van der Waals surface area contributed by atoms with Gasteiger partial charge in [0.2, 0.25) is 0 Å². The van der Waals surface area contributed by atoms with E-state index in [9.17, 15) is 4.79 Å². The highest BCUT2D eigenvalue weighted by Gasteiger charge is 2.31. The van der Waals surface area contributed by atoms with E-state index >= 15 is 0 Å². The number of nitrogens with zero attached hydrogens (tertiary/aromatic N) is 5. The summed E-state index contributed by atoms with van der Waals surface area (Å²) in [6, 6.07) is 10.2. The SMILES string of the molecule is CC(C)(C)OC(=O)NCC1CCN(CC(C)(C)c2nnn(Cc3ccccc3)n2)CC1. The number of piperidine rings is 1. The number of amides is 1. The van der Waals surface area contributed by atoms with E-state index < -0.39 is 5.60 Å². The number of benzene rings is 1. The first kappa shape index (κ1) is 23.2. The van der Waals surface area contributed by atoms with E-state index in [-0.39, 0.29) is 11.5 Å². The van der Waals surface area contributed by atoms with Gasteiger partial charge in [0.1, 0.15) is 5.60 Å². The van der Waals surface area contributed by atoms with E-state index in [1.54, 1.807) is 4.80 Å². The van der Waals surface area contributed by atoms with Crippen LogP contribution < -0.4 is 5.32 Å². The molecule has 0 aliphatic carbocycles. The minimum Gasteiger partial charge on any atom is -0.444 e. The second-order valence-electron chi connectivity index (χ2n) is 10.1. The zero-order chi connectivity index (χ0) is 22.5. The largest absolute Gasteiger partial charge is 0.444 e. The molecule has 1 aliphatic rings. The summed E-state index contributed by atoms with van der Waals surface area (Å²) in [5, 5.41) is 16.1. The van der Waals surface area contributed by atoms with Crippen LogP contribution in [-0.4, -0.2) is 63.0 Å². The Morgan fingerprint density at radius 3 is 2.45 bits per heavy atom. The van der Waals surface area contributed by atoms with Gasteiger partial charge in [-0.1, -0.05) is 44.2 Å². The number of carbonyl (C=O) groups is 1. The van der Waals surface area contributed by atoms with Crippen LogP contribution in [0.1, 0.15) is 58.8 Å². The van der Waals surface area contributed by atoms with Crippen molar-refractivity contribution in [3.63, 3.8) is 0 Å². The number of hydrogen-bond donors (Lipinski definition) is 1. The average Bonchev–Trinajstić information content (AvgIpc) is 3.16. The maximum absolute atomic E-state index is 11.9. The van der Waals surface area contributed by atoms with Crippen molar-refractivity contribution in [2.24, 2.45) is 5.92 Å². The molecule has 1 aromatic heterocycles. The van der Waals surface area contributed by atoms with E-state index in [1.165, 1.54) is 0 Å². The number of rotatable bonds is 7. The monoisotopic (exact) mass is 428 g/mol. The lowest BCUT2D eigenvalue weighted by molar-refractivity contribution is 0.0508. The van der Waals surface area contributed by atoms with Gasteiger partial charge in [0, 0.05) is 18.5 Å². The molecule has 0 saturated carbocycles. The Labute approximate surface area is 185 Å². The maximum Gasteiger partial charge on any atom is 0.407 e. The van der Waals surface area contributed by atoms with Gasteiger partial charge >= 0.3 is 6.09 Å². The van der Waals surface area contributed by atoms with Gasteiger partial charge in [0.15, 0.2) is 5.82 Å². The van der Waals surface area contributed by atoms with Gasteiger partial charge in [-0.3, -0.25) is 0 Å². The number of tetrazole rings is 1. The predicted octanol–water partition coefficient (Wildman–Crippen LogP) is 3.24. The number of ether oxygens (including phenoxy) is 1. The van der Waals surface area contributed by atoms with Crippen LogP contribution >= 0.6 is 0 Å². The molecule has 2 aromatic rings. The Morgan fingerprint density at radius 2 is 1.81 bits per heavy atom. The van der Waals surface area contributed by atoms with Crippen molar-refractivity contribution in [1.82, 2.24) is 30.4 Å². The molecule has 0 bridgehead atoms. The number of likely N-dealkylation sites (tertiary alicyclic amines) is 1. The third kappa shape index (κ3) is 7.31. The minimum atomic E-state index is -0.462. The normalized spacial score (nSPS) is 16.3. The number of carbonyl (C=O) groups excluding carboxylic acids is 1. The van der Waals surface area contributed by atoms with Crippen molar-refractivity contribution in [1.29, 1.82) is 0 Å². The molecule has 31 heavy (non-hydrogen) atoms. The van der Waals surface area contributed by atoms with Gasteiger partial charge < -0.3 is 15.0 Å². The highest BCUT2D eigenvalue weighted by molar-refractivity contribution is 5.67. The fourth-order valence-corrected chi connectivity index (χ4v) is 3.85. The highest BCUT2D eigenvalue weighted by Crippen LogP contribution is 2.24. The molecule has 0 atom stereocenters. The Balaban J connectivity index is 1.45. The van der Waals surface area contributed by atoms with E-state index in [1.807, 2.05) is 39.0 Å². The first-order valence-electron chi connectivity index (χ1n) is 11.1. The summed E-state index contributed by atoms with van der Waals surface area (Å²) >= 11 is 0. The van der Waals surface area contributed by atoms with Gasteiger partial charge in [-0.2, -0.15) is 4.80 Å². The summed E-state index contributed by atoms with van der Waals surface area (Å²) in [6.45, 7) is 14.2. The van der Waals surface area contributed by atoms with Gasteiger partial charge in [0.25, 0.3) is 0 Å². The number of hydrogen-bond acceptors (Lipinski definition) is 6. The molecule has 0 radical (unpaired) electrons. The standard InChI is InChI=1S/C23H36N6O2/c1-22(2,3)31-21(30)24-15-18-11-13-28(14-12-18)17-23(4,5)20-25-27-29(26-20)16-19-9-7-6-8-10-19/h6-10,18H,11-17H2,1-5H3,(H,24,30). The molecule has 8 heteroatoms. The van der Waals surface area contributed by atoms with Gasteiger partial charge in [0.05, 0.1) is 6.54 Å². The van der Waals surface area contributed by atoms with Crippen LogP contribution in [0.4, 0.5) is 4.79 Å². The Hall–Kier alpha value is -2.48. The Morgan fingerprint density at radius 1 is 1.13 bits per heavy atom. The van der Waals surface area contributed by atoms with E-state index in [0.29, 0.717) is 19.0 Å². The molecule has 1 N–H and O–H groups in total. The summed E-state index contributed by atoms with van der Waals surface area (Å²) in [5.74, 6) is 1.26. The maximum atomic E-state index is 11.9. The van der Waals surface area contributed by atoms with Crippen LogP contribution in [-0.2, 0) is 16.7 Å². The van der Waals surface area contributed by atoms with Crippen molar-refractivity contribution >= 4 is 6.09 Å². The smallest absolute Gasteiger partial charge is 0.407 e. The molecule has 1 aliphatic heterocycles. The number of aromatic nitrogens is 4. The summed E-state index contributed by atoms with van der Waals surface area (Å²) in [5.41, 5.74) is 0.512. The highest BCUT2D eigenvalue weighted by atomic mass is 16.6. The third-order valence-electron chi connectivity index (χ3n) is 5.48. The van der Waals surface area contributed by atoms with E-state index in [4.69, 9.17) is 4.74 Å². The van der Waals surface area contributed by atoms with Crippen molar-refractivity contribution in [3.05, 3.63) is 41.7 Å². The molecule has 3 rings (SSSR count). The summed E-state index contributed by atoms with van der Waals surface area (Å²) in [6.07, 6.45) is 1.78. The van der Waals surface area contributed by atoms with Crippen LogP contribution in [0.2, 0.25) is 0 Å². The number of nitrogens with one attached hydrogen (secondary N) is 1. The van der Waals surface area contributed by atoms with Crippen LogP contribution in [0.3, 0.4) is 0 Å².